The van der Waals surface area contributed by atoms with E-state index >= 15 is 0 Å². The number of hydrogen-bond donors (Lipinski definition) is 0. The van der Waals surface area contributed by atoms with Crippen LogP contribution in [0.1, 0.15) is 30.7 Å². The van der Waals surface area contributed by atoms with E-state index in [1.165, 1.54) is 22.7 Å². The number of methoxy groups -OCH3 is 1. The number of piperidine rings is 1. The number of nitrogens with zero attached hydrogens (tertiary/aromatic N) is 1. The smallest absolute Gasteiger partial charge is 0.310 e. The second kappa shape index (κ2) is 5.64. The van der Waals surface area contributed by atoms with Gasteiger partial charge in [-0.1, -0.05) is 12.1 Å². The Balaban J connectivity index is 1.97. The fourth-order valence-electron chi connectivity index (χ4n) is 4.00. The quantitative estimate of drug-likeness (QED) is 0.579. The van der Waals surface area contributed by atoms with E-state index in [1.54, 1.807) is 0 Å². The molecule has 3 rings (SSSR count). The first-order valence-electron chi connectivity index (χ1n) is 7.17. The minimum Gasteiger partial charge on any atom is -0.469 e. The van der Waals surface area contributed by atoms with E-state index in [2.05, 4.69) is 58.8 Å². The molecule has 0 radical (unpaired) electrons. The van der Waals surface area contributed by atoms with Crippen molar-refractivity contribution in [2.24, 2.45) is 5.92 Å². The fourth-order valence-corrected chi connectivity index (χ4v) is 4.57. The lowest BCUT2D eigenvalue weighted by molar-refractivity contribution is -0.150. The van der Waals surface area contributed by atoms with Gasteiger partial charge in [-0.05, 0) is 66.6 Å². The van der Waals surface area contributed by atoms with Crippen molar-refractivity contribution in [1.82, 2.24) is 4.90 Å². The van der Waals surface area contributed by atoms with Crippen LogP contribution in [0.15, 0.2) is 24.3 Å². The predicted molar refractivity (Wildman–Crippen MR) is 86.6 cm³/mol. The van der Waals surface area contributed by atoms with E-state index in [-0.39, 0.29) is 11.9 Å². The lowest BCUT2D eigenvalue weighted by Gasteiger charge is -2.41. The number of benzene rings is 1. The molecule has 3 nitrogen and oxygen atoms in total. The number of fused-ring (bicyclic) bond motifs is 2. The van der Waals surface area contributed by atoms with Crippen molar-refractivity contribution in [2.45, 2.75) is 37.3 Å². The third kappa shape index (κ3) is 2.37. The average molecular weight is 385 g/mol. The van der Waals surface area contributed by atoms with Crippen LogP contribution in [0.2, 0.25) is 0 Å². The van der Waals surface area contributed by atoms with Crippen LogP contribution in [0, 0.1) is 9.49 Å². The van der Waals surface area contributed by atoms with Crippen molar-refractivity contribution < 1.29 is 9.53 Å². The number of esters is 1. The molecule has 1 aromatic carbocycles. The lowest BCUT2D eigenvalue weighted by atomic mass is 9.76. The summed E-state index contributed by atoms with van der Waals surface area (Å²) in [7, 11) is 3.67. The standard InChI is InChI=1S/C16H20INO2/c1-18-12-6-7-14(18)15(16(19)20-2)13(9-12)10-4-3-5-11(17)8-10/h3-5,8,12-15H,6-7,9H2,1-2H3/t12-,13-,14?,15?/m1/s1. The van der Waals surface area contributed by atoms with E-state index < -0.39 is 0 Å². The summed E-state index contributed by atoms with van der Waals surface area (Å²) < 4.78 is 6.33. The summed E-state index contributed by atoms with van der Waals surface area (Å²) in [4.78, 5) is 14.7. The first-order chi connectivity index (χ1) is 9.61. The number of rotatable bonds is 2. The summed E-state index contributed by atoms with van der Waals surface area (Å²) in [6.45, 7) is 0. The highest BCUT2D eigenvalue weighted by molar-refractivity contribution is 14.1. The second-order valence-electron chi connectivity index (χ2n) is 5.91. The molecule has 2 fully saturated rings. The van der Waals surface area contributed by atoms with Crippen LogP contribution in [0.5, 0.6) is 0 Å². The zero-order chi connectivity index (χ0) is 14.3. The highest BCUT2D eigenvalue weighted by atomic mass is 127. The predicted octanol–water partition coefficient (Wildman–Crippen LogP) is 3.03. The topological polar surface area (TPSA) is 29.5 Å². The van der Waals surface area contributed by atoms with Gasteiger partial charge in [-0.2, -0.15) is 0 Å². The van der Waals surface area contributed by atoms with E-state index in [4.69, 9.17) is 4.74 Å². The van der Waals surface area contributed by atoms with E-state index in [1.807, 2.05) is 0 Å². The van der Waals surface area contributed by atoms with Crippen molar-refractivity contribution in [3.05, 3.63) is 33.4 Å². The van der Waals surface area contributed by atoms with Gasteiger partial charge in [0.15, 0.2) is 0 Å². The number of hydrogen-bond acceptors (Lipinski definition) is 3. The Morgan fingerprint density at radius 2 is 2.20 bits per heavy atom. The van der Waals surface area contributed by atoms with Gasteiger partial charge in [0.2, 0.25) is 0 Å². The molecule has 2 saturated heterocycles. The van der Waals surface area contributed by atoms with Crippen LogP contribution in [0.4, 0.5) is 0 Å². The van der Waals surface area contributed by atoms with E-state index in [0.29, 0.717) is 18.0 Å². The largest absolute Gasteiger partial charge is 0.469 e. The molecule has 2 aliphatic heterocycles. The molecular formula is C16H20INO2. The third-order valence-corrected chi connectivity index (χ3v) is 5.69. The van der Waals surface area contributed by atoms with Crippen molar-refractivity contribution in [3.8, 4) is 0 Å². The average Bonchev–Trinajstić information content (AvgIpc) is 2.69. The van der Waals surface area contributed by atoms with Gasteiger partial charge in [0.1, 0.15) is 0 Å². The highest BCUT2D eigenvalue weighted by Gasteiger charge is 2.49. The Labute approximate surface area is 133 Å². The molecule has 1 aromatic rings. The Kier molecular flexibility index (Phi) is 4.04. The lowest BCUT2D eigenvalue weighted by Crippen LogP contribution is -2.49. The van der Waals surface area contributed by atoms with Crippen LogP contribution >= 0.6 is 22.6 Å². The third-order valence-electron chi connectivity index (χ3n) is 5.02. The molecule has 0 aliphatic carbocycles. The molecule has 2 aliphatic rings. The summed E-state index contributed by atoms with van der Waals surface area (Å²) in [5, 5.41) is 0. The zero-order valence-electron chi connectivity index (χ0n) is 11.9. The molecule has 0 aromatic heterocycles. The van der Waals surface area contributed by atoms with Gasteiger partial charge in [0, 0.05) is 21.6 Å². The molecule has 0 N–H and O–H groups in total. The summed E-state index contributed by atoms with van der Waals surface area (Å²) in [5.41, 5.74) is 1.29. The van der Waals surface area contributed by atoms with Crippen LogP contribution in [0.3, 0.4) is 0 Å². The molecule has 0 saturated carbocycles. The monoisotopic (exact) mass is 385 g/mol. The molecule has 2 bridgehead atoms. The number of carbonyl (C=O) groups excluding carboxylic acids is 1. The highest BCUT2D eigenvalue weighted by Crippen LogP contribution is 2.46. The maximum absolute atomic E-state index is 12.3. The first-order valence-corrected chi connectivity index (χ1v) is 8.25. The maximum atomic E-state index is 12.3. The molecule has 20 heavy (non-hydrogen) atoms. The minimum absolute atomic E-state index is 0.0260. The van der Waals surface area contributed by atoms with Gasteiger partial charge >= 0.3 is 5.97 Å². The molecule has 0 spiro atoms. The van der Waals surface area contributed by atoms with Crippen LogP contribution in [-0.2, 0) is 9.53 Å². The zero-order valence-corrected chi connectivity index (χ0v) is 14.0. The van der Waals surface area contributed by atoms with Crippen LogP contribution < -0.4 is 0 Å². The molecule has 2 heterocycles. The summed E-state index contributed by atoms with van der Waals surface area (Å²) in [6.07, 6.45) is 3.38. The second-order valence-corrected chi connectivity index (χ2v) is 7.16. The maximum Gasteiger partial charge on any atom is 0.310 e. The molecule has 2 unspecified atom stereocenters. The number of halogens is 1. The molecule has 0 amide bonds. The van der Waals surface area contributed by atoms with Gasteiger partial charge in [0.05, 0.1) is 13.0 Å². The Morgan fingerprint density at radius 3 is 2.90 bits per heavy atom. The molecule has 108 valence electrons. The fraction of sp³-hybridized carbons (Fsp3) is 0.562. The Bertz CT molecular complexity index is 519. The number of carbonyl (C=O) groups is 1. The van der Waals surface area contributed by atoms with Gasteiger partial charge in [-0.3, -0.25) is 9.69 Å². The van der Waals surface area contributed by atoms with Gasteiger partial charge in [0.25, 0.3) is 0 Å². The van der Waals surface area contributed by atoms with Gasteiger partial charge in [-0.25, -0.2) is 0 Å². The summed E-state index contributed by atoms with van der Waals surface area (Å²) in [5.74, 6) is 0.221. The normalized spacial score (nSPS) is 33.1. The number of ether oxygens (including phenoxy) is 1. The van der Waals surface area contributed by atoms with Crippen molar-refractivity contribution in [3.63, 3.8) is 0 Å². The molecule has 4 heteroatoms. The van der Waals surface area contributed by atoms with E-state index in [9.17, 15) is 4.79 Å². The van der Waals surface area contributed by atoms with Crippen LogP contribution in [-0.4, -0.2) is 37.1 Å². The molecular weight excluding hydrogens is 365 g/mol. The summed E-state index contributed by atoms with van der Waals surface area (Å²) in [6, 6.07) is 9.51. The molecule has 4 atom stereocenters. The Hall–Kier alpha value is -0.620. The van der Waals surface area contributed by atoms with Crippen molar-refractivity contribution in [1.29, 1.82) is 0 Å². The van der Waals surface area contributed by atoms with Crippen molar-refractivity contribution >= 4 is 28.6 Å². The van der Waals surface area contributed by atoms with Crippen LogP contribution in [0.25, 0.3) is 0 Å². The van der Waals surface area contributed by atoms with E-state index in [0.717, 1.165) is 12.8 Å². The SMILES string of the molecule is COC(=O)C1C2CC[C@H](C[C@@H]1c1cccc(I)c1)N2C. The summed E-state index contributed by atoms with van der Waals surface area (Å²) >= 11 is 2.34. The minimum atomic E-state index is -0.0499. The van der Waals surface area contributed by atoms with Gasteiger partial charge in [-0.15, -0.1) is 0 Å². The van der Waals surface area contributed by atoms with Crippen molar-refractivity contribution in [2.75, 3.05) is 14.2 Å². The first kappa shape index (κ1) is 14.3. The Morgan fingerprint density at radius 1 is 1.40 bits per heavy atom. The van der Waals surface area contributed by atoms with Gasteiger partial charge < -0.3 is 4.74 Å².